The predicted molar refractivity (Wildman–Crippen MR) is 117 cm³/mol. The van der Waals surface area contributed by atoms with Crippen LogP contribution in [0.15, 0.2) is 70.8 Å². The summed E-state index contributed by atoms with van der Waals surface area (Å²) in [5.41, 5.74) is 6.78. The molecule has 5 rings (SSSR count). The van der Waals surface area contributed by atoms with Crippen molar-refractivity contribution < 1.29 is 9.47 Å². The molecule has 2 heterocycles. The van der Waals surface area contributed by atoms with Crippen molar-refractivity contribution in [2.24, 2.45) is 10.9 Å². The monoisotopic (exact) mass is 407 g/mol. The summed E-state index contributed by atoms with van der Waals surface area (Å²) >= 11 is 0. The smallest absolute Gasteiger partial charge is 0.205 e. The molecule has 2 aliphatic heterocycles. The third-order valence-corrected chi connectivity index (χ3v) is 6.21. The van der Waals surface area contributed by atoms with Gasteiger partial charge in [0.1, 0.15) is 11.9 Å². The number of benzene rings is 2. The van der Waals surface area contributed by atoms with Crippen LogP contribution >= 0.6 is 0 Å². The van der Waals surface area contributed by atoms with E-state index in [1.165, 1.54) is 11.1 Å². The van der Waals surface area contributed by atoms with Crippen molar-refractivity contribution >= 4 is 5.71 Å². The average molecular weight is 407 g/mol. The maximum Gasteiger partial charge on any atom is 0.205 e. The molecule has 0 aromatic heterocycles. The molecule has 0 N–H and O–H groups in total. The highest BCUT2D eigenvalue weighted by Crippen LogP contribution is 2.39. The van der Waals surface area contributed by atoms with Gasteiger partial charge in [-0.2, -0.15) is 15.5 Å². The number of nitriles is 2. The van der Waals surface area contributed by atoms with Gasteiger partial charge < -0.3 is 9.47 Å². The molecular weight excluding hydrogens is 386 g/mol. The van der Waals surface area contributed by atoms with Gasteiger partial charge in [-0.05, 0) is 59.4 Å². The molecule has 5 heteroatoms. The minimum Gasteiger partial charge on any atom is -0.489 e. The zero-order valence-corrected chi connectivity index (χ0v) is 17.0. The van der Waals surface area contributed by atoms with Crippen molar-refractivity contribution in [3.63, 3.8) is 0 Å². The third kappa shape index (κ3) is 3.65. The molecule has 0 fully saturated rings. The first-order valence-corrected chi connectivity index (χ1v) is 10.5. The summed E-state index contributed by atoms with van der Waals surface area (Å²) in [5, 5.41) is 18.5. The van der Waals surface area contributed by atoms with Crippen molar-refractivity contribution in [1.82, 2.24) is 0 Å². The van der Waals surface area contributed by atoms with Gasteiger partial charge in [0.25, 0.3) is 0 Å². The minimum atomic E-state index is -0.125. The lowest BCUT2D eigenvalue weighted by Crippen LogP contribution is -2.39. The van der Waals surface area contributed by atoms with E-state index in [1.54, 1.807) is 6.07 Å². The molecule has 3 aliphatic rings. The number of nitrogens with zero attached hydrogens (tertiary/aromatic N) is 3. The highest BCUT2D eigenvalue weighted by molar-refractivity contribution is 6.05. The van der Waals surface area contributed by atoms with Crippen LogP contribution in [-0.4, -0.2) is 25.0 Å². The van der Waals surface area contributed by atoms with E-state index in [0.29, 0.717) is 25.2 Å². The van der Waals surface area contributed by atoms with Crippen LogP contribution < -0.4 is 4.74 Å². The molecule has 2 unspecified atom stereocenters. The first-order valence-electron chi connectivity index (χ1n) is 10.5. The molecule has 1 aliphatic carbocycles. The number of rotatable bonds is 2. The number of fused-ring (bicyclic) bond motifs is 1. The predicted octanol–water partition coefficient (Wildman–Crippen LogP) is 4.94. The van der Waals surface area contributed by atoms with Crippen LogP contribution in [0, 0.1) is 28.7 Å². The Morgan fingerprint density at radius 2 is 1.97 bits per heavy atom. The van der Waals surface area contributed by atoms with E-state index in [1.807, 2.05) is 42.6 Å². The Labute approximate surface area is 181 Å². The average Bonchev–Trinajstić information content (AvgIpc) is 2.83. The van der Waals surface area contributed by atoms with Crippen LogP contribution in [0.25, 0.3) is 11.1 Å². The molecule has 2 aromatic rings. The quantitative estimate of drug-likeness (QED) is 0.661. The fraction of sp³-hybridized carbons (Fsp3) is 0.269. The molecule has 2 atom stereocenters. The van der Waals surface area contributed by atoms with E-state index in [4.69, 9.17) is 9.47 Å². The first-order chi connectivity index (χ1) is 15.3. The van der Waals surface area contributed by atoms with E-state index in [2.05, 4.69) is 23.2 Å². The third-order valence-electron chi connectivity index (χ3n) is 6.21. The summed E-state index contributed by atoms with van der Waals surface area (Å²) < 4.78 is 12.3. The minimum absolute atomic E-state index is 0.125. The van der Waals surface area contributed by atoms with Crippen molar-refractivity contribution in [2.75, 3.05) is 13.2 Å². The maximum atomic E-state index is 9.32. The summed E-state index contributed by atoms with van der Waals surface area (Å²) in [4.78, 5) is 4.16. The fourth-order valence-electron chi connectivity index (χ4n) is 4.68. The van der Waals surface area contributed by atoms with Crippen molar-refractivity contribution in [1.29, 1.82) is 10.5 Å². The van der Waals surface area contributed by atoms with Crippen LogP contribution in [0.2, 0.25) is 0 Å². The number of allylic oxidation sites excluding steroid dienone is 2. The summed E-state index contributed by atoms with van der Waals surface area (Å²) in [6.07, 6.45) is 8.93. The summed E-state index contributed by atoms with van der Waals surface area (Å²) in [6, 6.07) is 15.6. The zero-order chi connectivity index (χ0) is 21.2. The molecule has 152 valence electrons. The second-order valence-electron chi connectivity index (χ2n) is 8.04. The normalized spacial score (nSPS) is 23.4. The maximum absolute atomic E-state index is 9.32. The standard InChI is InChI=1S/C26H21N3O2/c27-13-17-4-3-6-18(10-17)19-8-9-25-22(11-19)24(29-16-28)12-26(31-25)23-15-30-14-20-5-1-2-7-21(20)23/h2-4,6-11,23,26H,1,5,12,14-15H2. The molecule has 0 amide bonds. The van der Waals surface area contributed by atoms with Crippen LogP contribution in [0.5, 0.6) is 5.75 Å². The number of hydrogen-bond acceptors (Lipinski definition) is 5. The number of ether oxygens (including phenoxy) is 2. The van der Waals surface area contributed by atoms with Crippen LogP contribution in [0.4, 0.5) is 0 Å². The number of aliphatic imine (C=N–C) groups is 1. The highest BCUT2D eigenvalue weighted by Gasteiger charge is 2.36. The largest absolute Gasteiger partial charge is 0.489 e. The SMILES string of the molecule is N#CN=C1CC(C2COCC3=C2C=CCC3)Oc2ccc(-c3cccc(C#N)c3)cc21. The molecule has 0 radical (unpaired) electrons. The van der Waals surface area contributed by atoms with E-state index >= 15 is 0 Å². The van der Waals surface area contributed by atoms with Gasteiger partial charge >= 0.3 is 0 Å². The van der Waals surface area contributed by atoms with E-state index in [0.717, 1.165) is 41.0 Å². The van der Waals surface area contributed by atoms with Crippen LogP contribution in [0.1, 0.15) is 30.4 Å². The topological polar surface area (TPSA) is 78.4 Å². The molecule has 0 bridgehead atoms. The fourth-order valence-corrected chi connectivity index (χ4v) is 4.68. The molecule has 31 heavy (non-hydrogen) atoms. The lowest BCUT2D eigenvalue weighted by molar-refractivity contribution is 0.0515. The van der Waals surface area contributed by atoms with Gasteiger partial charge in [0, 0.05) is 17.9 Å². The Bertz CT molecular complexity index is 1210. The highest BCUT2D eigenvalue weighted by atomic mass is 16.5. The molecule has 2 aromatic carbocycles. The second kappa shape index (κ2) is 8.22. The van der Waals surface area contributed by atoms with E-state index in [-0.39, 0.29) is 12.0 Å². The molecular formula is C26H21N3O2. The molecule has 0 saturated carbocycles. The van der Waals surface area contributed by atoms with Crippen LogP contribution in [-0.2, 0) is 4.74 Å². The Kier molecular flexibility index (Phi) is 5.12. The molecule has 5 nitrogen and oxygen atoms in total. The van der Waals surface area contributed by atoms with Gasteiger partial charge in [-0.15, -0.1) is 0 Å². The Morgan fingerprint density at radius 3 is 2.84 bits per heavy atom. The van der Waals surface area contributed by atoms with Crippen molar-refractivity contribution in [3.8, 4) is 29.1 Å². The van der Waals surface area contributed by atoms with E-state index < -0.39 is 0 Å². The van der Waals surface area contributed by atoms with Crippen molar-refractivity contribution in [3.05, 3.63) is 76.9 Å². The summed E-state index contributed by atoms with van der Waals surface area (Å²) in [7, 11) is 0. The second-order valence-corrected chi connectivity index (χ2v) is 8.04. The van der Waals surface area contributed by atoms with Crippen LogP contribution in [0.3, 0.4) is 0 Å². The summed E-state index contributed by atoms with van der Waals surface area (Å²) in [6.45, 7) is 1.31. The lowest BCUT2D eigenvalue weighted by Gasteiger charge is -2.37. The Hall–Kier alpha value is -3.67. The van der Waals surface area contributed by atoms with Gasteiger partial charge in [-0.25, -0.2) is 0 Å². The van der Waals surface area contributed by atoms with Gasteiger partial charge in [0.15, 0.2) is 0 Å². The first kappa shape index (κ1) is 19.3. The van der Waals surface area contributed by atoms with E-state index in [9.17, 15) is 10.5 Å². The Morgan fingerprint density at radius 1 is 1.06 bits per heavy atom. The zero-order valence-electron chi connectivity index (χ0n) is 17.0. The van der Waals surface area contributed by atoms with Gasteiger partial charge in [-0.1, -0.05) is 30.4 Å². The van der Waals surface area contributed by atoms with Gasteiger partial charge in [-0.3, -0.25) is 0 Å². The Balaban J connectivity index is 1.51. The lowest BCUT2D eigenvalue weighted by atomic mass is 9.81. The molecule has 0 saturated heterocycles. The summed E-state index contributed by atoms with van der Waals surface area (Å²) in [5.74, 6) is 0.863. The molecule has 0 spiro atoms. The van der Waals surface area contributed by atoms with Gasteiger partial charge in [0.05, 0.1) is 30.6 Å². The number of hydrogen-bond donors (Lipinski definition) is 0. The van der Waals surface area contributed by atoms with Crippen molar-refractivity contribution in [2.45, 2.75) is 25.4 Å². The van der Waals surface area contributed by atoms with Gasteiger partial charge in [0.2, 0.25) is 6.19 Å².